The van der Waals surface area contributed by atoms with Gasteiger partial charge in [0.2, 0.25) is 5.89 Å². The summed E-state index contributed by atoms with van der Waals surface area (Å²) in [6.07, 6.45) is 1.77. The molecule has 1 aliphatic heterocycles. The Morgan fingerprint density at radius 1 is 1.27 bits per heavy atom. The zero-order valence-electron chi connectivity index (χ0n) is 12.9. The van der Waals surface area contributed by atoms with E-state index in [1.54, 1.807) is 0 Å². The van der Waals surface area contributed by atoms with Gasteiger partial charge in [0.1, 0.15) is 0 Å². The van der Waals surface area contributed by atoms with Gasteiger partial charge in [-0.2, -0.15) is 4.98 Å². The third-order valence-electron chi connectivity index (χ3n) is 3.97. The number of aromatic nitrogens is 2. The van der Waals surface area contributed by atoms with Gasteiger partial charge in [0.05, 0.1) is 6.54 Å². The van der Waals surface area contributed by atoms with Gasteiger partial charge >= 0.3 is 0 Å². The van der Waals surface area contributed by atoms with Crippen LogP contribution in [0.3, 0.4) is 0 Å². The third-order valence-corrected chi connectivity index (χ3v) is 3.97. The predicted molar refractivity (Wildman–Crippen MR) is 88.1 cm³/mol. The average molecular weight is 323 g/mol. The van der Waals surface area contributed by atoms with Gasteiger partial charge in [-0.05, 0) is 18.9 Å². The number of aryl methyl sites for hydroxylation is 2. The molecule has 0 aliphatic carbocycles. The second-order valence-electron chi connectivity index (χ2n) is 5.61. The quantitative estimate of drug-likeness (QED) is 0.913. The van der Waals surface area contributed by atoms with E-state index in [4.69, 9.17) is 4.52 Å². The first-order valence-electron chi connectivity index (χ1n) is 7.61. The summed E-state index contributed by atoms with van der Waals surface area (Å²) in [6.45, 7) is 6.05. The van der Waals surface area contributed by atoms with Crippen LogP contribution in [0.25, 0.3) is 0 Å². The third kappa shape index (κ3) is 4.53. The van der Waals surface area contributed by atoms with Crippen LogP contribution in [-0.4, -0.2) is 40.7 Å². The molecule has 1 aromatic carbocycles. The molecule has 6 heteroatoms. The van der Waals surface area contributed by atoms with Crippen molar-refractivity contribution in [2.24, 2.45) is 0 Å². The minimum atomic E-state index is 0. The number of rotatable bonds is 5. The Kier molecular flexibility index (Phi) is 6.36. The second-order valence-corrected chi connectivity index (χ2v) is 5.61. The lowest BCUT2D eigenvalue weighted by atomic mass is 10.1. The van der Waals surface area contributed by atoms with Crippen LogP contribution in [0.15, 0.2) is 34.9 Å². The fourth-order valence-corrected chi connectivity index (χ4v) is 2.65. The van der Waals surface area contributed by atoms with Crippen molar-refractivity contribution in [2.75, 3.05) is 19.6 Å². The Bertz CT molecular complexity index is 560. The molecule has 0 unspecified atom stereocenters. The van der Waals surface area contributed by atoms with Gasteiger partial charge in [0.25, 0.3) is 0 Å². The lowest BCUT2D eigenvalue weighted by Crippen LogP contribution is -2.49. The van der Waals surface area contributed by atoms with Gasteiger partial charge in [-0.25, -0.2) is 0 Å². The van der Waals surface area contributed by atoms with Gasteiger partial charge in [-0.15, -0.1) is 12.4 Å². The highest BCUT2D eigenvalue weighted by molar-refractivity contribution is 5.85. The van der Waals surface area contributed by atoms with Crippen LogP contribution in [0.4, 0.5) is 0 Å². The highest BCUT2D eigenvalue weighted by Crippen LogP contribution is 2.10. The predicted octanol–water partition coefficient (Wildman–Crippen LogP) is 2.07. The molecule has 1 aliphatic rings. The van der Waals surface area contributed by atoms with Crippen LogP contribution in [0.5, 0.6) is 0 Å². The van der Waals surface area contributed by atoms with Crippen molar-refractivity contribution < 1.29 is 4.52 Å². The minimum Gasteiger partial charge on any atom is -0.338 e. The molecule has 1 N–H and O–H groups in total. The molecule has 0 amide bonds. The number of hydrogen-bond donors (Lipinski definition) is 1. The van der Waals surface area contributed by atoms with Crippen molar-refractivity contribution in [3.63, 3.8) is 0 Å². The van der Waals surface area contributed by atoms with Crippen LogP contribution in [0, 0.1) is 0 Å². The summed E-state index contributed by atoms with van der Waals surface area (Å²) in [4.78, 5) is 6.89. The monoisotopic (exact) mass is 322 g/mol. The van der Waals surface area contributed by atoms with E-state index in [0.717, 1.165) is 50.7 Å². The molecule has 0 saturated carbocycles. The van der Waals surface area contributed by atoms with Crippen molar-refractivity contribution in [1.82, 2.24) is 20.4 Å². The number of piperazine rings is 1. The molecule has 0 spiro atoms. The van der Waals surface area contributed by atoms with Gasteiger partial charge in [0.15, 0.2) is 5.82 Å². The fourth-order valence-electron chi connectivity index (χ4n) is 2.65. The van der Waals surface area contributed by atoms with E-state index in [1.165, 1.54) is 5.56 Å². The van der Waals surface area contributed by atoms with E-state index in [9.17, 15) is 0 Å². The van der Waals surface area contributed by atoms with Crippen LogP contribution in [0.1, 0.15) is 24.2 Å². The number of nitrogens with zero attached hydrogens (tertiary/aromatic N) is 3. The van der Waals surface area contributed by atoms with Crippen LogP contribution in [-0.2, 0) is 19.4 Å². The maximum absolute atomic E-state index is 5.38. The molecule has 120 valence electrons. The number of hydrogen-bond acceptors (Lipinski definition) is 5. The molecule has 1 atom stereocenters. The topological polar surface area (TPSA) is 54.2 Å². The summed E-state index contributed by atoms with van der Waals surface area (Å²) < 4.78 is 5.38. The van der Waals surface area contributed by atoms with Crippen LogP contribution in [0.2, 0.25) is 0 Å². The lowest BCUT2D eigenvalue weighted by molar-refractivity contribution is 0.146. The highest BCUT2D eigenvalue weighted by atomic mass is 35.5. The van der Waals surface area contributed by atoms with Gasteiger partial charge < -0.3 is 9.84 Å². The normalized spacial score (nSPS) is 18.9. The molecule has 2 heterocycles. The Morgan fingerprint density at radius 3 is 2.86 bits per heavy atom. The molecular formula is C16H23ClN4O. The molecule has 2 aromatic rings. The van der Waals surface area contributed by atoms with E-state index in [-0.39, 0.29) is 12.4 Å². The molecule has 22 heavy (non-hydrogen) atoms. The minimum absolute atomic E-state index is 0. The van der Waals surface area contributed by atoms with E-state index in [2.05, 4.69) is 51.5 Å². The van der Waals surface area contributed by atoms with Crippen molar-refractivity contribution >= 4 is 12.4 Å². The lowest BCUT2D eigenvalue weighted by Gasteiger charge is -2.32. The van der Waals surface area contributed by atoms with Gasteiger partial charge in [0, 0.05) is 32.1 Å². The number of halogens is 1. The molecule has 0 bridgehead atoms. The Morgan fingerprint density at radius 2 is 2.09 bits per heavy atom. The van der Waals surface area contributed by atoms with E-state index in [0.29, 0.717) is 6.04 Å². The molecule has 5 nitrogen and oxygen atoms in total. The van der Waals surface area contributed by atoms with E-state index >= 15 is 0 Å². The first-order chi connectivity index (χ1) is 10.3. The Labute approximate surface area is 137 Å². The first-order valence-corrected chi connectivity index (χ1v) is 7.61. The largest absolute Gasteiger partial charge is 0.338 e. The Balaban J connectivity index is 0.00000176. The van der Waals surface area contributed by atoms with Crippen molar-refractivity contribution in [3.05, 3.63) is 47.6 Å². The molecular weight excluding hydrogens is 300 g/mol. The summed E-state index contributed by atoms with van der Waals surface area (Å²) in [5.41, 5.74) is 1.31. The van der Waals surface area contributed by atoms with Gasteiger partial charge in [-0.1, -0.05) is 35.5 Å². The summed E-state index contributed by atoms with van der Waals surface area (Å²) in [7, 11) is 0. The second kappa shape index (κ2) is 8.27. The number of benzene rings is 1. The maximum Gasteiger partial charge on any atom is 0.240 e. The summed E-state index contributed by atoms with van der Waals surface area (Å²) in [5, 5.41) is 7.48. The number of nitrogens with one attached hydrogen (secondary N) is 1. The molecule has 3 rings (SSSR count). The van der Waals surface area contributed by atoms with Crippen LogP contribution >= 0.6 is 12.4 Å². The van der Waals surface area contributed by atoms with Gasteiger partial charge in [-0.3, -0.25) is 4.90 Å². The smallest absolute Gasteiger partial charge is 0.240 e. The summed E-state index contributed by atoms with van der Waals surface area (Å²) >= 11 is 0. The average Bonchev–Trinajstić information content (AvgIpc) is 2.96. The zero-order valence-corrected chi connectivity index (χ0v) is 13.7. The van der Waals surface area contributed by atoms with Crippen molar-refractivity contribution in [2.45, 2.75) is 32.4 Å². The Hall–Kier alpha value is -1.43. The zero-order chi connectivity index (χ0) is 14.5. The van der Waals surface area contributed by atoms with Crippen molar-refractivity contribution in [3.8, 4) is 0 Å². The fraction of sp³-hybridized carbons (Fsp3) is 0.500. The molecule has 0 radical (unpaired) electrons. The van der Waals surface area contributed by atoms with E-state index < -0.39 is 0 Å². The van der Waals surface area contributed by atoms with Crippen LogP contribution < -0.4 is 5.32 Å². The summed E-state index contributed by atoms with van der Waals surface area (Å²) in [6, 6.07) is 10.9. The highest BCUT2D eigenvalue weighted by Gasteiger charge is 2.20. The van der Waals surface area contributed by atoms with Crippen molar-refractivity contribution in [1.29, 1.82) is 0 Å². The first kappa shape index (κ1) is 16.9. The molecule has 1 fully saturated rings. The SMILES string of the molecule is C[C@@H]1CNCCN1Cc1nc(CCc2ccccc2)no1.Cl. The summed E-state index contributed by atoms with van der Waals surface area (Å²) in [5.74, 6) is 1.53. The standard InChI is InChI=1S/C16H22N4O.ClH/c1-13-11-17-9-10-20(13)12-16-18-15(19-21-16)8-7-14-5-3-2-4-6-14;/h2-6,13,17H,7-12H2,1H3;1H/t13-;/m1./s1. The molecule has 1 saturated heterocycles. The maximum atomic E-state index is 5.38. The van der Waals surface area contributed by atoms with E-state index in [1.807, 2.05) is 6.07 Å². The molecule has 1 aromatic heterocycles.